The number of thioether (sulfide) groups is 1. The Morgan fingerprint density at radius 1 is 1.67 bits per heavy atom. The van der Waals surface area contributed by atoms with Crippen LogP contribution in [0.4, 0.5) is 0 Å². The molecule has 3 N–H and O–H groups in total. The van der Waals surface area contributed by atoms with Gasteiger partial charge in [0.05, 0.1) is 5.75 Å². The summed E-state index contributed by atoms with van der Waals surface area (Å²) >= 11 is 1.05. The van der Waals surface area contributed by atoms with Crippen LogP contribution in [0.2, 0.25) is 0 Å². The summed E-state index contributed by atoms with van der Waals surface area (Å²) in [6, 6.07) is 0. The number of nitrogen functional groups attached to an aromatic ring is 1. The van der Waals surface area contributed by atoms with E-state index in [0.29, 0.717) is 13.2 Å². The number of carbonyl (C=O) groups excluding carboxylic acids is 1. The minimum atomic E-state index is -0.465. The highest BCUT2D eigenvalue weighted by Gasteiger charge is 2.07. The van der Waals surface area contributed by atoms with Gasteiger partial charge in [0.25, 0.3) is 5.56 Å². The highest BCUT2D eigenvalue weighted by Crippen LogP contribution is 2.09. The maximum Gasteiger partial charge on any atom is 0.291 e. The van der Waals surface area contributed by atoms with E-state index in [1.54, 1.807) is 7.11 Å². The molecule has 1 rings (SSSR count). The summed E-state index contributed by atoms with van der Waals surface area (Å²) in [5.74, 6) is 5.41. The summed E-state index contributed by atoms with van der Waals surface area (Å²) in [5, 5.41) is 10.1. The van der Waals surface area contributed by atoms with E-state index in [1.807, 2.05) is 0 Å². The predicted octanol–water partition coefficient (Wildman–Crippen LogP) is -1.40. The Balaban J connectivity index is 2.34. The van der Waals surface area contributed by atoms with Gasteiger partial charge < -0.3 is 15.9 Å². The van der Waals surface area contributed by atoms with Gasteiger partial charge in [0.2, 0.25) is 11.1 Å². The van der Waals surface area contributed by atoms with Gasteiger partial charge in [0.15, 0.2) is 0 Å². The van der Waals surface area contributed by atoms with Gasteiger partial charge in [-0.15, -0.1) is 5.10 Å². The summed E-state index contributed by atoms with van der Waals surface area (Å²) in [7, 11) is 1.60. The van der Waals surface area contributed by atoms with Crippen molar-refractivity contribution in [2.75, 3.05) is 31.9 Å². The second kappa shape index (κ2) is 7.67. The van der Waals surface area contributed by atoms with Crippen molar-refractivity contribution < 1.29 is 9.53 Å². The summed E-state index contributed by atoms with van der Waals surface area (Å²) in [5.41, 5.74) is -0.465. The second-order valence-corrected chi connectivity index (χ2v) is 4.26. The molecule has 1 amide bonds. The minimum absolute atomic E-state index is 0.127. The number of ether oxygens (including phenoxy) is 1. The lowest BCUT2D eigenvalue weighted by Gasteiger charge is -2.05. The number of hydrogen-bond acceptors (Lipinski definition) is 7. The Morgan fingerprint density at radius 2 is 2.44 bits per heavy atom. The van der Waals surface area contributed by atoms with Crippen LogP contribution in [-0.2, 0) is 9.53 Å². The lowest BCUT2D eigenvalue weighted by atomic mass is 10.4. The van der Waals surface area contributed by atoms with Gasteiger partial charge in [-0.3, -0.25) is 9.59 Å². The lowest BCUT2D eigenvalue weighted by Crippen LogP contribution is -2.31. The van der Waals surface area contributed by atoms with E-state index in [1.165, 1.54) is 0 Å². The molecule has 0 atom stereocenters. The van der Waals surface area contributed by atoms with Crippen LogP contribution >= 0.6 is 11.8 Å². The van der Waals surface area contributed by atoms with Gasteiger partial charge in [0, 0.05) is 20.3 Å². The van der Waals surface area contributed by atoms with Gasteiger partial charge in [-0.1, -0.05) is 11.8 Å². The number of nitrogens with two attached hydrogens (primary N) is 1. The molecular formula is C9H15N5O3S. The normalized spacial score (nSPS) is 10.3. The molecule has 18 heavy (non-hydrogen) atoms. The number of nitrogens with zero attached hydrogens (tertiary/aromatic N) is 3. The van der Waals surface area contributed by atoms with Crippen molar-refractivity contribution in [1.82, 2.24) is 20.2 Å². The molecule has 0 saturated heterocycles. The van der Waals surface area contributed by atoms with Crippen LogP contribution in [0.3, 0.4) is 0 Å². The standard InChI is InChI=1S/C9H15N5O3S/c1-17-4-2-3-11-7(15)6-18-9-13-12-5-8(16)14(9)10/h5H,2-4,6,10H2,1H3,(H,11,15). The molecule has 0 aromatic carbocycles. The highest BCUT2D eigenvalue weighted by atomic mass is 32.2. The molecule has 1 heterocycles. The maximum absolute atomic E-state index is 11.4. The zero-order valence-electron chi connectivity index (χ0n) is 9.96. The van der Waals surface area contributed by atoms with Gasteiger partial charge in [-0.2, -0.15) is 9.77 Å². The Hall–Kier alpha value is -1.61. The minimum Gasteiger partial charge on any atom is -0.385 e. The van der Waals surface area contributed by atoms with Crippen LogP contribution < -0.4 is 16.7 Å². The fraction of sp³-hybridized carbons (Fsp3) is 0.556. The number of aromatic nitrogens is 3. The smallest absolute Gasteiger partial charge is 0.291 e. The molecule has 1 aromatic heterocycles. The van der Waals surface area contributed by atoms with Gasteiger partial charge >= 0.3 is 0 Å². The predicted molar refractivity (Wildman–Crippen MR) is 66.7 cm³/mol. The van der Waals surface area contributed by atoms with E-state index < -0.39 is 5.56 Å². The van der Waals surface area contributed by atoms with Gasteiger partial charge in [-0.05, 0) is 6.42 Å². The molecule has 0 fully saturated rings. The average molecular weight is 273 g/mol. The Kier molecular flexibility index (Phi) is 6.15. The van der Waals surface area contributed by atoms with Crippen LogP contribution in [0.15, 0.2) is 16.1 Å². The zero-order chi connectivity index (χ0) is 13.4. The molecule has 0 aliphatic rings. The first-order valence-corrected chi connectivity index (χ1v) is 6.22. The number of nitrogens with one attached hydrogen (secondary N) is 1. The summed E-state index contributed by atoms with van der Waals surface area (Å²) in [6.07, 6.45) is 1.76. The SMILES string of the molecule is COCCCNC(=O)CSc1nncc(=O)n1N. The first-order chi connectivity index (χ1) is 8.65. The van der Waals surface area contributed by atoms with E-state index in [9.17, 15) is 9.59 Å². The first-order valence-electron chi connectivity index (χ1n) is 5.23. The average Bonchev–Trinajstić information content (AvgIpc) is 2.36. The molecule has 0 unspecified atom stereocenters. The molecule has 8 nitrogen and oxygen atoms in total. The third-order valence-corrected chi connectivity index (χ3v) is 2.88. The number of carbonyl (C=O) groups is 1. The van der Waals surface area contributed by atoms with E-state index in [0.717, 1.165) is 29.1 Å². The Labute approximate surface area is 108 Å². The number of hydrogen-bond donors (Lipinski definition) is 2. The third-order valence-electron chi connectivity index (χ3n) is 1.93. The lowest BCUT2D eigenvalue weighted by molar-refractivity contribution is -0.118. The second-order valence-electron chi connectivity index (χ2n) is 3.32. The van der Waals surface area contributed by atoms with Gasteiger partial charge in [-0.25, -0.2) is 0 Å². The number of rotatable bonds is 7. The monoisotopic (exact) mass is 273 g/mol. The van der Waals surface area contributed by atoms with Crippen LogP contribution in [0.1, 0.15) is 6.42 Å². The number of amides is 1. The van der Waals surface area contributed by atoms with Crippen molar-refractivity contribution in [3.63, 3.8) is 0 Å². The molecule has 9 heteroatoms. The molecular weight excluding hydrogens is 258 g/mol. The van der Waals surface area contributed by atoms with E-state index >= 15 is 0 Å². The first kappa shape index (κ1) is 14.5. The summed E-state index contributed by atoms with van der Waals surface area (Å²) in [6.45, 7) is 1.14. The highest BCUT2D eigenvalue weighted by molar-refractivity contribution is 7.99. The van der Waals surface area contributed by atoms with Crippen LogP contribution in [0.25, 0.3) is 0 Å². The van der Waals surface area contributed by atoms with E-state index in [-0.39, 0.29) is 16.8 Å². The molecule has 100 valence electrons. The Bertz CT molecular complexity index is 450. The van der Waals surface area contributed by atoms with E-state index in [2.05, 4.69) is 15.5 Å². The van der Waals surface area contributed by atoms with Crippen molar-refractivity contribution >= 4 is 17.7 Å². The Morgan fingerprint density at radius 3 is 3.17 bits per heavy atom. The zero-order valence-corrected chi connectivity index (χ0v) is 10.8. The van der Waals surface area contributed by atoms with Crippen molar-refractivity contribution in [1.29, 1.82) is 0 Å². The quantitative estimate of drug-likeness (QED) is 0.357. The third kappa shape index (κ3) is 4.72. The molecule has 0 saturated carbocycles. The fourth-order valence-corrected chi connectivity index (χ4v) is 1.75. The van der Waals surface area contributed by atoms with Crippen molar-refractivity contribution in [2.24, 2.45) is 0 Å². The summed E-state index contributed by atoms with van der Waals surface area (Å²) < 4.78 is 5.71. The molecule has 0 aliphatic carbocycles. The van der Waals surface area contributed by atoms with Crippen LogP contribution in [-0.4, -0.2) is 46.8 Å². The summed E-state index contributed by atoms with van der Waals surface area (Å²) in [4.78, 5) is 22.6. The maximum atomic E-state index is 11.4. The largest absolute Gasteiger partial charge is 0.385 e. The van der Waals surface area contributed by atoms with Crippen LogP contribution in [0.5, 0.6) is 0 Å². The van der Waals surface area contributed by atoms with Gasteiger partial charge in [0.1, 0.15) is 6.20 Å². The van der Waals surface area contributed by atoms with Crippen LogP contribution in [0, 0.1) is 0 Å². The molecule has 0 bridgehead atoms. The fourth-order valence-electron chi connectivity index (χ4n) is 1.06. The molecule has 0 aliphatic heterocycles. The molecule has 0 radical (unpaired) electrons. The van der Waals surface area contributed by atoms with Crippen molar-refractivity contribution in [3.8, 4) is 0 Å². The molecule has 0 spiro atoms. The molecule has 1 aromatic rings. The van der Waals surface area contributed by atoms with Crippen molar-refractivity contribution in [2.45, 2.75) is 11.6 Å². The van der Waals surface area contributed by atoms with E-state index in [4.69, 9.17) is 10.6 Å². The number of methoxy groups -OCH3 is 1. The van der Waals surface area contributed by atoms with Crippen molar-refractivity contribution in [3.05, 3.63) is 16.6 Å². The topological polar surface area (TPSA) is 112 Å².